The second-order valence-electron chi connectivity index (χ2n) is 9.36. The van der Waals surface area contributed by atoms with E-state index in [1.807, 2.05) is 67.1 Å². The number of carbonyl (C=O) groups excluding carboxylic acids is 3. The third kappa shape index (κ3) is 3.92. The minimum atomic E-state index is -0.718. The smallest absolute Gasteiger partial charge is 0.325 e. The van der Waals surface area contributed by atoms with Gasteiger partial charge in [0.25, 0.3) is 5.91 Å². The monoisotopic (exact) mass is 498 g/mol. The van der Waals surface area contributed by atoms with Crippen molar-refractivity contribution in [3.63, 3.8) is 0 Å². The summed E-state index contributed by atoms with van der Waals surface area (Å²) in [4.78, 5) is 43.3. The first-order valence-electron chi connectivity index (χ1n) is 12.2. The molecule has 2 aliphatic heterocycles. The van der Waals surface area contributed by atoms with E-state index in [0.717, 1.165) is 38.4 Å². The van der Waals surface area contributed by atoms with Gasteiger partial charge in [-0.2, -0.15) is 0 Å². The van der Waals surface area contributed by atoms with Crippen molar-refractivity contribution >= 4 is 28.6 Å². The predicted molar refractivity (Wildman–Crippen MR) is 137 cm³/mol. The number of carbonyl (C=O) groups is 3. The van der Waals surface area contributed by atoms with Crippen molar-refractivity contribution < 1.29 is 23.9 Å². The lowest BCUT2D eigenvalue weighted by molar-refractivity contribution is -0.127. The van der Waals surface area contributed by atoms with E-state index in [1.54, 1.807) is 6.07 Å². The number of rotatable bonds is 6. The van der Waals surface area contributed by atoms with Gasteiger partial charge in [0.2, 0.25) is 0 Å². The second-order valence-corrected chi connectivity index (χ2v) is 9.36. The summed E-state index contributed by atoms with van der Waals surface area (Å²) in [6.45, 7) is 4.43. The normalized spacial score (nSPS) is 16.9. The summed E-state index contributed by atoms with van der Waals surface area (Å²) in [6.07, 6.45) is 2.20. The van der Waals surface area contributed by atoms with Crippen LogP contribution < -0.4 is 14.8 Å². The number of aromatic amines is 1. The third-order valence-electron chi connectivity index (χ3n) is 7.02. The number of aryl methyl sites for hydroxylation is 1. The van der Waals surface area contributed by atoms with E-state index in [-0.39, 0.29) is 12.3 Å². The zero-order valence-corrected chi connectivity index (χ0v) is 20.5. The van der Waals surface area contributed by atoms with Crippen LogP contribution in [-0.2, 0) is 11.2 Å². The van der Waals surface area contributed by atoms with Crippen LogP contribution in [-0.4, -0.2) is 58.0 Å². The maximum Gasteiger partial charge on any atom is 0.325 e. The van der Waals surface area contributed by atoms with Gasteiger partial charge >= 0.3 is 6.03 Å². The van der Waals surface area contributed by atoms with Crippen LogP contribution in [0.5, 0.6) is 11.5 Å². The van der Waals surface area contributed by atoms with Gasteiger partial charge in [-0.05, 0) is 43.7 Å². The van der Waals surface area contributed by atoms with Gasteiger partial charge < -0.3 is 24.3 Å². The van der Waals surface area contributed by atoms with Crippen LogP contribution >= 0.6 is 0 Å². The Morgan fingerprint density at radius 2 is 1.81 bits per heavy atom. The molecule has 0 saturated carbocycles. The number of amides is 3. The molecule has 4 heterocycles. The van der Waals surface area contributed by atoms with Crippen molar-refractivity contribution in [2.45, 2.75) is 26.3 Å². The fourth-order valence-corrected chi connectivity index (χ4v) is 5.23. The summed E-state index contributed by atoms with van der Waals surface area (Å²) >= 11 is 0. The highest BCUT2D eigenvalue weighted by Crippen LogP contribution is 2.33. The number of para-hydroxylation sites is 1. The molecule has 4 aromatic rings. The number of nitrogens with one attached hydrogen (secondary N) is 2. The van der Waals surface area contributed by atoms with E-state index in [4.69, 9.17) is 9.47 Å². The van der Waals surface area contributed by atoms with Gasteiger partial charge in [-0.1, -0.05) is 18.2 Å². The number of hydrogen-bond acceptors (Lipinski definition) is 5. The molecular formula is C28H26N4O5. The molecule has 0 bridgehead atoms. The third-order valence-corrected chi connectivity index (χ3v) is 7.02. The van der Waals surface area contributed by atoms with E-state index in [2.05, 4.69) is 10.3 Å². The van der Waals surface area contributed by atoms with Crippen LogP contribution in [0, 0.1) is 13.8 Å². The fourth-order valence-electron chi connectivity index (χ4n) is 5.23. The van der Waals surface area contributed by atoms with E-state index >= 15 is 0 Å². The molecule has 0 unspecified atom stereocenters. The number of hydrogen-bond donors (Lipinski definition) is 2. The quantitative estimate of drug-likeness (QED) is 0.312. The molecule has 2 aromatic heterocycles. The van der Waals surface area contributed by atoms with Crippen LogP contribution in [0.15, 0.2) is 54.7 Å². The van der Waals surface area contributed by atoms with Crippen molar-refractivity contribution in [3.05, 3.63) is 77.2 Å². The Labute approximate surface area is 213 Å². The molecule has 1 saturated heterocycles. The SMILES string of the molecule is Cc1cc(C(=O)CN2C(=O)N[C@@H](Cc3c[nH]c4ccccc34)C2=O)c(C)n1-c1ccc2c(c1)OCCO2. The van der Waals surface area contributed by atoms with Crippen molar-refractivity contribution in [1.29, 1.82) is 0 Å². The molecule has 0 spiro atoms. The van der Waals surface area contributed by atoms with Crippen LogP contribution in [0.4, 0.5) is 4.79 Å². The van der Waals surface area contributed by atoms with Crippen molar-refractivity contribution in [2.75, 3.05) is 19.8 Å². The molecule has 0 aliphatic carbocycles. The summed E-state index contributed by atoms with van der Waals surface area (Å²) < 4.78 is 13.3. The number of urea groups is 1. The lowest BCUT2D eigenvalue weighted by atomic mass is 10.0. The molecule has 3 amide bonds. The lowest BCUT2D eigenvalue weighted by Crippen LogP contribution is -2.36. The molecule has 0 radical (unpaired) electrons. The number of fused-ring (bicyclic) bond motifs is 2. The van der Waals surface area contributed by atoms with Gasteiger partial charge in [0.1, 0.15) is 19.3 Å². The predicted octanol–water partition coefficient (Wildman–Crippen LogP) is 3.69. The number of ketones is 1. The summed E-state index contributed by atoms with van der Waals surface area (Å²) in [5, 5.41) is 3.75. The molecule has 37 heavy (non-hydrogen) atoms. The maximum absolute atomic E-state index is 13.3. The highest BCUT2D eigenvalue weighted by atomic mass is 16.6. The standard InChI is InChI=1S/C28H26N4O5/c1-16-11-21(17(2)32(16)19-7-8-25-26(13-19)37-10-9-36-25)24(33)15-31-27(34)23(30-28(31)35)12-18-14-29-22-6-4-3-5-20(18)22/h3-8,11,13-14,23,29H,9-10,12,15H2,1-2H3,(H,30,35)/t23-/m0/s1. The summed E-state index contributed by atoms with van der Waals surface area (Å²) in [5.41, 5.74) is 4.79. The first-order valence-corrected chi connectivity index (χ1v) is 12.2. The number of nitrogens with zero attached hydrogens (tertiary/aromatic N) is 2. The average molecular weight is 499 g/mol. The Morgan fingerprint density at radius 3 is 2.65 bits per heavy atom. The number of aromatic nitrogens is 2. The Balaban J connectivity index is 1.20. The first-order chi connectivity index (χ1) is 17.9. The molecule has 1 fully saturated rings. The molecule has 9 heteroatoms. The van der Waals surface area contributed by atoms with Crippen LogP contribution in [0.1, 0.15) is 27.3 Å². The van der Waals surface area contributed by atoms with Crippen molar-refractivity contribution in [1.82, 2.24) is 19.8 Å². The average Bonchev–Trinajstić information content (AvgIpc) is 3.53. The first kappa shape index (κ1) is 22.9. The van der Waals surface area contributed by atoms with E-state index in [1.165, 1.54) is 0 Å². The number of ether oxygens (including phenoxy) is 2. The van der Waals surface area contributed by atoms with Crippen LogP contribution in [0.3, 0.4) is 0 Å². The molecule has 6 rings (SSSR count). The highest BCUT2D eigenvalue weighted by molar-refractivity contribution is 6.09. The van der Waals surface area contributed by atoms with Crippen LogP contribution in [0.25, 0.3) is 16.6 Å². The Morgan fingerprint density at radius 1 is 1.03 bits per heavy atom. The molecule has 1 atom stereocenters. The molecule has 9 nitrogen and oxygen atoms in total. The van der Waals surface area contributed by atoms with Crippen molar-refractivity contribution in [3.8, 4) is 17.2 Å². The maximum atomic E-state index is 13.3. The van der Waals surface area contributed by atoms with Gasteiger partial charge in [-0.3, -0.25) is 14.5 Å². The fraction of sp³-hybridized carbons (Fsp3) is 0.250. The number of imide groups is 1. The van der Waals surface area contributed by atoms with E-state index < -0.39 is 18.0 Å². The topological polar surface area (TPSA) is 106 Å². The number of Topliss-reactive ketones (excluding diaryl/α,β-unsaturated/α-hetero) is 1. The van der Waals surface area contributed by atoms with Gasteiger partial charge in [0.15, 0.2) is 17.3 Å². The van der Waals surface area contributed by atoms with E-state index in [9.17, 15) is 14.4 Å². The zero-order valence-electron chi connectivity index (χ0n) is 20.5. The minimum absolute atomic E-state index is 0.298. The lowest BCUT2D eigenvalue weighted by Gasteiger charge is -2.20. The number of benzene rings is 2. The molecule has 2 aromatic carbocycles. The van der Waals surface area contributed by atoms with E-state index in [0.29, 0.717) is 36.7 Å². The highest BCUT2D eigenvalue weighted by Gasteiger charge is 2.39. The zero-order chi connectivity index (χ0) is 25.7. The summed E-state index contributed by atoms with van der Waals surface area (Å²) in [5.74, 6) is 0.650. The number of H-pyrrole nitrogens is 1. The molecule has 2 N–H and O–H groups in total. The van der Waals surface area contributed by atoms with Gasteiger partial charge in [0.05, 0.1) is 6.54 Å². The Hall–Kier alpha value is -4.53. The minimum Gasteiger partial charge on any atom is -0.486 e. The van der Waals surface area contributed by atoms with Crippen molar-refractivity contribution in [2.24, 2.45) is 0 Å². The summed E-state index contributed by atoms with van der Waals surface area (Å²) in [6, 6.07) is 14.0. The Kier molecular flexibility index (Phi) is 5.48. The largest absolute Gasteiger partial charge is 0.486 e. The molecular weight excluding hydrogens is 472 g/mol. The van der Waals surface area contributed by atoms with Gasteiger partial charge in [0, 0.05) is 52.2 Å². The molecule has 2 aliphatic rings. The van der Waals surface area contributed by atoms with Crippen LogP contribution in [0.2, 0.25) is 0 Å². The summed E-state index contributed by atoms with van der Waals surface area (Å²) in [7, 11) is 0. The second kappa shape index (κ2) is 8.85. The van der Waals surface area contributed by atoms with Gasteiger partial charge in [-0.15, -0.1) is 0 Å². The molecule has 188 valence electrons. The van der Waals surface area contributed by atoms with Gasteiger partial charge in [-0.25, -0.2) is 4.79 Å². The Bertz CT molecular complexity index is 1570.